The van der Waals surface area contributed by atoms with E-state index in [0.717, 1.165) is 5.56 Å². The number of aryl methyl sites for hydroxylation is 1. The summed E-state index contributed by atoms with van der Waals surface area (Å²) < 4.78 is 33.1. The van der Waals surface area contributed by atoms with Gasteiger partial charge in [0.15, 0.2) is 23.1 Å². The summed E-state index contributed by atoms with van der Waals surface area (Å²) in [5, 5.41) is 0.595. The van der Waals surface area contributed by atoms with Gasteiger partial charge in [-0.05, 0) is 37.1 Å². The molecule has 1 saturated heterocycles. The summed E-state index contributed by atoms with van der Waals surface area (Å²) in [6.45, 7) is 1.02. The largest absolute Gasteiger partial charge is 0.482 e. The number of amides is 1. The fourth-order valence-corrected chi connectivity index (χ4v) is 4.31. The number of carbonyl (C=O) groups excluding carboxylic acids is 2. The maximum atomic E-state index is 12.0. The van der Waals surface area contributed by atoms with Crippen LogP contribution >= 0.6 is 11.6 Å². The quantitative estimate of drug-likeness (QED) is 0.679. The van der Waals surface area contributed by atoms with Crippen LogP contribution in [0, 0.1) is 6.92 Å². The number of carbonyl (C=O) groups is 2. The lowest BCUT2D eigenvalue weighted by atomic mass is 10.2. The van der Waals surface area contributed by atoms with Crippen molar-refractivity contribution in [3.8, 4) is 5.75 Å². The van der Waals surface area contributed by atoms with Crippen LogP contribution in [0.5, 0.6) is 5.75 Å². The molecule has 1 aliphatic rings. The van der Waals surface area contributed by atoms with Gasteiger partial charge in [0, 0.05) is 18.1 Å². The molecule has 1 fully saturated rings. The molecule has 9 heteroatoms. The highest BCUT2D eigenvalue weighted by Crippen LogP contribution is 2.21. The zero-order valence-electron chi connectivity index (χ0n) is 14.0. The molecule has 0 spiro atoms. The van der Waals surface area contributed by atoms with Crippen LogP contribution in [-0.2, 0) is 24.2 Å². The second-order valence-electron chi connectivity index (χ2n) is 5.92. The Morgan fingerprint density at radius 3 is 2.64 bits per heavy atom. The molecular weight excluding hydrogens is 370 g/mol. The van der Waals surface area contributed by atoms with E-state index in [-0.39, 0.29) is 24.2 Å². The van der Waals surface area contributed by atoms with Crippen LogP contribution < -0.4 is 4.74 Å². The number of halogens is 1. The number of sulfone groups is 1. The van der Waals surface area contributed by atoms with Crippen LogP contribution in [0.4, 0.5) is 0 Å². The second kappa shape index (κ2) is 8.05. The lowest BCUT2D eigenvalue weighted by Gasteiger charge is -2.23. The standard InChI is InChI=1S/C16H20ClNO6S/c1-11-7-13(3-4-14(11)17)23-9-16(20)24-8-15(19)18(2)12-5-6-25(21,22)10-12/h3-4,7,12H,5-6,8-10H2,1-2H3/t12-/m1/s1. The van der Waals surface area contributed by atoms with Gasteiger partial charge in [-0.25, -0.2) is 13.2 Å². The van der Waals surface area contributed by atoms with Gasteiger partial charge in [-0.1, -0.05) is 11.6 Å². The van der Waals surface area contributed by atoms with Crippen molar-refractivity contribution >= 4 is 33.3 Å². The molecule has 0 N–H and O–H groups in total. The topological polar surface area (TPSA) is 90.0 Å². The van der Waals surface area contributed by atoms with E-state index in [1.807, 2.05) is 6.92 Å². The number of likely N-dealkylation sites (N-methyl/N-ethyl adjacent to an activating group) is 1. The van der Waals surface area contributed by atoms with E-state index in [9.17, 15) is 18.0 Å². The Kier molecular flexibility index (Phi) is 6.29. The molecule has 0 aliphatic carbocycles. The lowest BCUT2D eigenvalue weighted by molar-refractivity contribution is -0.153. The molecule has 138 valence electrons. The van der Waals surface area contributed by atoms with Crippen LogP contribution in [-0.4, -0.2) is 63.0 Å². The minimum absolute atomic E-state index is 0.0534. The van der Waals surface area contributed by atoms with Crippen LogP contribution in [0.15, 0.2) is 18.2 Å². The zero-order valence-corrected chi connectivity index (χ0v) is 15.6. The van der Waals surface area contributed by atoms with Crippen LogP contribution in [0.3, 0.4) is 0 Å². The molecule has 1 aromatic rings. The summed E-state index contributed by atoms with van der Waals surface area (Å²) in [5.41, 5.74) is 0.816. The molecule has 0 bridgehead atoms. The van der Waals surface area contributed by atoms with Crippen molar-refractivity contribution in [2.45, 2.75) is 19.4 Å². The van der Waals surface area contributed by atoms with E-state index in [1.54, 1.807) is 18.2 Å². The average molecular weight is 390 g/mol. The summed E-state index contributed by atoms with van der Waals surface area (Å²) in [6, 6.07) is 4.60. The predicted molar refractivity (Wildman–Crippen MR) is 92.5 cm³/mol. The van der Waals surface area contributed by atoms with E-state index in [4.69, 9.17) is 21.1 Å². The van der Waals surface area contributed by atoms with Crippen LogP contribution in [0.25, 0.3) is 0 Å². The van der Waals surface area contributed by atoms with Crippen LogP contribution in [0.2, 0.25) is 5.02 Å². The van der Waals surface area contributed by atoms with E-state index in [1.165, 1.54) is 11.9 Å². The normalized spacial score (nSPS) is 18.6. The molecule has 2 rings (SSSR count). The first kappa shape index (κ1) is 19.5. The lowest BCUT2D eigenvalue weighted by Crippen LogP contribution is -2.40. The van der Waals surface area contributed by atoms with Gasteiger partial charge in [0.05, 0.1) is 11.5 Å². The zero-order chi connectivity index (χ0) is 18.6. The summed E-state index contributed by atoms with van der Waals surface area (Å²) in [6.07, 6.45) is 0.400. The first-order valence-corrected chi connectivity index (χ1v) is 9.88. The molecule has 1 amide bonds. The third-order valence-corrected chi connectivity index (χ3v) is 6.17. The van der Waals surface area contributed by atoms with Crippen molar-refractivity contribution in [2.75, 3.05) is 31.8 Å². The Hall–Kier alpha value is -1.80. The van der Waals surface area contributed by atoms with Gasteiger partial charge in [-0.15, -0.1) is 0 Å². The number of benzene rings is 1. The Morgan fingerprint density at radius 2 is 2.04 bits per heavy atom. The van der Waals surface area contributed by atoms with Gasteiger partial charge in [0.2, 0.25) is 0 Å². The second-order valence-corrected chi connectivity index (χ2v) is 8.56. The van der Waals surface area contributed by atoms with Gasteiger partial charge < -0.3 is 14.4 Å². The van der Waals surface area contributed by atoms with Gasteiger partial charge in [0.25, 0.3) is 5.91 Å². The van der Waals surface area contributed by atoms with Crippen molar-refractivity contribution in [1.29, 1.82) is 0 Å². The molecular formula is C16H20ClNO6S. The average Bonchev–Trinajstić information content (AvgIpc) is 2.92. The van der Waals surface area contributed by atoms with E-state index in [2.05, 4.69) is 0 Å². The Bertz CT molecular complexity index is 764. The van der Waals surface area contributed by atoms with Gasteiger partial charge in [0.1, 0.15) is 5.75 Å². The molecule has 1 atom stereocenters. The van der Waals surface area contributed by atoms with Crippen molar-refractivity contribution in [3.05, 3.63) is 28.8 Å². The fraction of sp³-hybridized carbons (Fsp3) is 0.500. The van der Waals surface area contributed by atoms with Gasteiger partial charge in [-0.2, -0.15) is 0 Å². The van der Waals surface area contributed by atoms with Gasteiger partial charge in [-0.3, -0.25) is 4.79 Å². The Morgan fingerprint density at radius 1 is 1.32 bits per heavy atom. The maximum Gasteiger partial charge on any atom is 0.344 e. The van der Waals surface area contributed by atoms with Crippen molar-refractivity contribution in [2.24, 2.45) is 0 Å². The van der Waals surface area contributed by atoms with E-state index < -0.39 is 28.3 Å². The molecule has 25 heavy (non-hydrogen) atoms. The van der Waals surface area contributed by atoms with Crippen molar-refractivity contribution in [1.82, 2.24) is 4.90 Å². The predicted octanol–water partition coefficient (Wildman–Crippen LogP) is 1.22. The first-order valence-electron chi connectivity index (χ1n) is 7.68. The minimum Gasteiger partial charge on any atom is -0.482 e. The number of esters is 1. The van der Waals surface area contributed by atoms with Crippen molar-refractivity contribution < 1.29 is 27.5 Å². The van der Waals surface area contributed by atoms with Crippen LogP contribution in [0.1, 0.15) is 12.0 Å². The molecule has 0 unspecified atom stereocenters. The highest BCUT2D eigenvalue weighted by Gasteiger charge is 2.32. The Labute approximate surface area is 151 Å². The molecule has 7 nitrogen and oxygen atoms in total. The third kappa shape index (κ3) is 5.61. The molecule has 1 aromatic carbocycles. The van der Waals surface area contributed by atoms with E-state index >= 15 is 0 Å². The summed E-state index contributed by atoms with van der Waals surface area (Å²) in [5.74, 6) is -0.643. The maximum absolute atomic E-state index is 12.0. The third-order valence-electron chi connectivity index (χ3n) is 3.99. The van der Waals surface area contributed by atoms with Gasteiger partial charge >= 0.3 is 5.97 Å². The molecule has 0 saturated carbocycles. The van der Waals surface area contributed by atoms with Crippen molar-refractivity contribution in [3.63, 3.8) is 0 Å². The summed E-state index contributed by atoms with van der Waals surface area (Å²) in [7, 11) is -1.57. The smallest absolute Gasteiger partial charge is 0.344 e. The van der Waals surface area contributed by atoms with E-state index in [0.29, 0.717) is 17.2 Å². The monoisotopic (exact) mass is 389 g/mol. The number of hydrogen-bond donors (Lipinski definition) is 0. The summed E-state index contributed by atoms with van der Waals surface area (Å²) in [4.78, 5) is 25.0. The first-order chi connectivity index (χ1) is 11.7. The molecule has 0 aromatic heterocycles. The molecule has 1 aliphatic heterocycles. The number of rotatable bonds is 6. The number of nitrogens with zero attached hydrogens (tertiary/aromatic N) is 1. The fourth-order valence-electron chi connectivity index (χ4n) is 2.42. The number of ether oxygens (including phenoxy) is 2. The minimum atomic E-state index is -3.08. The Balaban J connectivity index is 1.75. The molecule has 1 heterocycles. The summed E-state index contributed by atoms with van der Waals surface area (Å²) >= 11 is 5.90. The highest BCUT2D eigenvalue weighted by atomic mass is 35.5. The molecule has 0 radical (unpaired) electrons. The highest BCUT2D eigenvalue weighted by molar-refractivity contribution is 7.91. The SMILES string of the molecule is Cc1cc(OCC(=O)OCC(=O)N(C)[C@@H]2CCS(=O)(=O)C2)ccc1Cl. The number of hydrogen-bond acceptors (Lipinski definition) is 6.